The van der Waals surface area contributed by atoms with Crippen molar-refractivity contribution in [2.24, 2.45) is 0 Å². The van der Waals surface area contributed by atoms with E-state index in [9.17, 15) is 30.7 Å². The third-order valence-electron chi connectivity index (χ3n) is 2.68. The molecule has 0 radical (unpaired) electrons. The van der Waals surface area contributed by atoms with Gasteiger partial charge in [0.1, 0.15) is 0 Å². The Bertz CT molecular complexity index is 365. The summed E-state index contributed by atoms with van der Waals surface area (Å²) in [5.74, 6) is -0.579. The molecule has 22 heavy (non-hydrogen) atoms. The Labute approximate surface area is 126 Å². The Hall–Kier alpha value is -0.733. The van der Waals surface area contributed by atoms with Gasteiger partial charge >= 0.3 is 18.0 Å². The van der Waals surface area contributed by atoms with Crippen molar-refractivity contribution in [3.8, 4) is 0 Å². The smallest absolute Gasteiger partial charge is 0.432 e. The third kappa shape index (κ3) is 6.17. The molecule has 1 nitrogen and oxygen atoms in total. The fourth-order valence-electron chi connectivity index (χ4n) is 1.61. The van der Waals surface area contributed by atoms with Crippen molar-refractivity contribution >= 4 is 8.32 Å². The van der Waals surface area contributed by atoms with Crippen LogP contribution in [0, 0.1) is 0 Å². The maximum Gasteiger partial charge on any atom is 0.432 e. The van der Waals surface area contributed by atoms with Crippen molar-refractivity contribution in [1.29, 1.82) is 0 Å². The van der Waals surface area contributed by atoms with E-state index in [2.05, 4.69) is 0 Å². The molecule has 9 heteroatoms. The molecular weight excluding hydrogens is 333 g/mol. The van der Waals surface area contributed by atoms with Crippen LogP contribution in [0.5, 0.6) is 0 Å². The summed E-state index contributed by atoms with van der Waals surface area (Å²) in [7, 11) is -2.47. The van der Waals surface area contributed by atoms with E-state index in [1.54, 1.807) is 19.6 Å². The highest BCUT2D eigenvalue weighted by molar-refractivity contribution is 6.70. The highest BCUT2D eigenvalue weighted by Gasteiger charge is 2.72. The summed E-state index contributed by atoms with van der Waals surface area (Å²) in [6.07, 6.45) is -11.4. The average molecular weight is 354 g/mol. The van der Waals surface area contributed by atoms with Crippen LogP contribution >= 0.6 is 0 Å². The number of hydrogen-bond acceptors (Lipinski definition) is 1. The number of rotatable bonds is 7. The zero-order chi connectivity index (χ0) is 17.8. The van der Waals surface area contributed by atoms with Crippen LogP contribution in [0.2, 0.25) is 19.6 Å². The molecule has 0 fully saturated rings. The van der Waals surface area contributed by atoms with Crippen molar-refractivity contribution in [1.82, 2.24) is 0 Å². The van der Waals surface area contributed by atoms with E-state index in [1.165, 1.54) is 0 Å². The Morgan fingerprint density at radius 1 is 0.955 bits per heavy atom. The van der Waals surface area contributed by atoms with Crippen molar-refractivity contribution in [2.75, 3.05) is 0 Å². The minimum absolute atomic E-state index is 0.238. The fourth-order valence-corrected chi connectivity index (χ4v) is 2.55. The second kappa shape index (κ2) is 7.23. The van der Waals surface area contributed by atoms with Gasteiger partial charge in [-0.25, -0.2) is 4.39 Å². The molecule has 0 rings (SSSR count). The lowest BCUT2D eigenvalue weighted by Crippen LogP contribution is -2.53. The van der Waals surface area contributed by atoms with E-state index >= 15 is 0 Å². The van der Waals surface area contributed by atoms with Gasteiger partial charge in [0.15, 0.2) is 0 Å². The molecule has 0 aromatic carbocycles. The predicted octanol–water partition coefficient (Wildman–Crippen LogP) is 6.14. The summed E-state index contributed by atoms with van der Waals surface area (Å²) >= 11 is 0. The van der Waals surface area contributed by atoms with E-state index in [1.807, 2.05) is 6.92 Å². The van der Waals surface area contributed by atoms with Gasteiger partial charge in [-0.05, 0) is 38.6 Å². The van der Waals surface area contributed by atoms with Gasteiger partial charge in [-0.3, -0.25) is 0 Å². The molecule has 0 unspecified atom stereocenters. The molecule has 0 aliphatic carbocycles. The molecule has 0 saturated heterocycles. The van der Waals surface area contributed by atoms with Crippen molar-refractivity contribution in [2.45, 2.75) is 70.3 Å². The topological polar surface area (TPSA) is 9.23 Å². The largest absolute Gasteiger partial charge is 0.547 e. The first-order valence-corrected chi connectivity index (χ1v) is 10.3. The normalized spacial score (nSPS) is 15.1. The molecule has 0 bridgehead atoms. The SMILES string of the molecule is CCCC/C=C(/CC(F)(C(F)(F)F)C(F)(F)F)O[Si](C)(C)C. The van der Waals surface area contributed by atoms with E-state index in [-0.39, 0.29) is 6.42 Å². The zero-order valence-corrected chi connectivity index (χ0v) is 14.0. The van der Waals surface area contributed by atoms with Crippen molar-refractivity contribution < 1.29 is 35.2 Å². The highest BCUT2D eigenvalue weighted by Crippen LogP contribution is 2.50. The molecule has 0 atom stereocenters. The molecule has 0 aliphatic heterocycles. The first-order chi connectivity index (χ1) is 9.64. The second-order valence-corrected chi connectivity index (χ2v) is 10.4. The predicted molar refractivity (Wildman–Crippen MR) is 72.6 cm³/mol. The summed E-state index contributed by atoms with van der Waals surface area (Å²) in [5.41, 5.74) is -5.31. The third-order valence-corrected chi connectivity index (χ3v) is 3.56. The number of unbranched alkanes of at least 4 members (excludes halogenated alkanes) is 2. The average Bonchev–Trinajstić information content (AvgIpc) is 2.23. The standard InChI is InChI=1S/C13H21F7OSi/c1-5-6-7-8-10(21-22(2,3)4)9-11(14,12(15,16)17)13(18,19)20/h8H,5-7,9H2,1-4H3/b10-8-. The number of halogens is 7. The van der Waals surface area contributed by atoms with Crippen LogP contribution in [0.25, 0.3) is 0 Å². The number of hydrogen-bond donors (Lipinski definition) is 0. The Balaban J connectivity index is 5.52. The molecule has 0 spiro atoms. The number of allylic oxidation sites excluding steroid dienone is 2. The molecule has 0 amide bonds. The quantitative estimate of drug-likeness (QED) is 0.231. The van der Waals surface area contributed by atoms with Gasteiger partial charge in [0, 0.05) is 0 Å². The molecule has 0 N–H and O–H groups in total. The van der Waals surface area contributed by atoms with Crippen LogP contribution in [0.1, 0.15) is 32.6 Å². The van der Waals surface area contributed by atoms with E-state index < -0.39 is 38.5 Å². The lowest BCUT2D eigenvalue weighted by atomic mass is 9.98. The lowest BCUT2D eigenvalue weighted by molar-refractivity contribution is -0.341. The molecule has 0 aliphatic rings. The molecular formula is C13H21F7OSi. The van der Waals surface area contributed by atoms with Gasteiger partial charge in [-0.2, -0.15) is 26.3 Å². The monoisotopic (exact) mass is 354 g/mol. The molecule has 0 heterocycles. The van der Waals surface area contributed by atoms with Crippen molar-refractivity contribution in [3.63, 3.8) is 0 Å². The lowest BCUT2D eigenvalue weighted by Gasteiger charge is -2.32. The maximum atomic E-state index is 13.8. The van der Waals surface area contributed by atoms with Crippen LogP contribution in [0.4, 0.5) is 30.7 Å². The second-order valence-electron chi connectivity index (χ2n) is 6.00. The molecule has 0 saturated carbocycles. The summed E-state index contributed by atoms with van der Waals surface area (Å²) in [6, 6.07) is 0. The number of alkyl halides is 7. The summed E-state index contributed by atoms with van der Waals surface area (Å²) in [6.45, 7) is 6.61. The van der Waals surface area contributed by atoms with Crippen LogP contribution in [-0.2, 0) is 4.43 Å². The van der Waals surface area contributed by atoms with Crippen LogP contribution < -0.4 is 0 Å². The van der Waals surface area contributed by atoms with Crippen LogP contribution in [0.15, 0.2) is 11.8 Å². The maximum absolute atomic E-state index is 13.8. The molecule has 0 aromatic rings. The summed E-state index contributed by atoms with van der Waals surface area (Å²) in [4.78, 5) is 0. The Kier molecular flexibility index (Phi) is 6.99. The van der Waals surface area contributed by atoms with E-state index in [0.717, 1.165) is 6.08 Å². The zero-order valence-electron chi connectivity index (χ0n) is 13.0. The molecule has 132 valence electrons. The fraction of sp³-hybridized carbons (Fsp3) is 0.846. The first-order valence-electron chi connectivity index (χ1n) is 6.84. The van der Waals surface area contributed by atoms with Gasteiger partial charge in [0.2, 0.25) is 8.32 Å². The Morgan fingerprint density at radius 2 is 1.41 bits per heavy atom. The van der Waals surface area contributed by atoms with Gasteiger partial charge in [0.25, 0.3) is 0 Å². The van der Waals surface area contributed by atoms with Gasteiger partial charge < -0.3 is 4.43 Å². The van der Waals surface area contributed by atoms with E-state index in [0.29, 0.717) is 12.8 Å². The molecule has 0 aromatic heterocycles. The minimum Gasteiger partial charge on any atom is -0.547 e. The van der Waals surface area contributed by atoms with Gasteiger partial charge in [0.05, 0.1) is 12.2 Å². The van der Waals surface area contributed by atoms with Gasteiger partial charge in [-0.1, -0.05) is 13.3 Å². The van der Waals surface area contributed by atoms with E-state index in [4.69, 9.17) is 4.43 Å². The Morgan fingerprint density at radius 3 is 1.73 bits per heavy atom. The minimum atomic E-state index is -6.06. The van der Waals surface area contributed by atoms with Crippen LogP contribution in [-0.4, -0.2) is 26.3 Å². The summed E-state index contributed by atoms with van der Waals surface area (Å²) < 4.78 is 94.7. The first kappa shape index (κ1) is 21.3. The summed E-state index contributed by atoms with van der Waals surface area (Å²) in [5, 5.41) is 0. The highest BCUT2D eigenvalue weighted by atomic mass is 28.4. The van der Waals surface area contributed by atoms with Crippen LogP contribution in [0.3, 0.4) is 0 Å². The van der Waals surface area contributed by atoms with Crippen molar-refractivity contribution in [3.05, 3.63) is 11.8 Å². The van der Waals surface area contributed by atoms with Gasteiger partial charge in [-0.15, -0.1) is 0 Å².